The Morgan fingerprint density at radius 2 is 1.37 bits per heavy atom. The van der Waals surface area contributed by atoms with Gasteiger partial charge < -0.3 is 4.90 Å². The van der Waals surface area contributed by atoms with Gasteiger partial charge in [0.05, 0.1) is 12.5 Å². The summed E-state index contributed by atoms with van der Waals surface area (Å²) in [5.41, 5.74) is 6.19. The van der Waals surface area contributed by atoms with Gasteiger partial charge in [0.15, 0.2) is 0 Å². The lowest BCUT2D eigenvalue weighted by Gasteiger charge is -2.40. The standard InChI is InChI=1S/C27H30N2O/c1-21-13-14-25(22(2)19-21)20-26(30)28-15-17-29(18-16-28)27(23-9-5-3-6-10-23)24-11-7-4-8-12-24/h3-14,19,27H,15-18,20H2,1-2H3. The van der Waals surface area contributed by atoms with Gasteiger partial charge in [0, 0.05) is 26.2 Å². The second-order valence-corrected chi connectivity index (χ2v) is 8.25. The van der Waals surface area contributed by atoms with Gasteiger partial charge in [-0.1, -0.05) is 84.4 Å². The second-order valence-electron chi connectivity index (χ2n) is 8.25. The average molecular weight is 399 g/mol. The highest BCUT2D eigenvalue weighted by Crippen LogP contribution is 2.29. The van der Waals surface area contributed by atoms with Gasteiger partial charge in [-0.3, -0.25) is 9.69 Å². The van der Waals surface area contributed by atoms with E-state index in [0.717, 1.165) is 31.7 Å². The van der Waals surface area contributed by atoms with Gasteiger partial charge in [-0.15, -0.1) is 0 Å². The van der Waals surface area contributed by atoms with E-state index in [-0.39, 0.29) is 11.9 Å². The number of rotatable bonds is 5. The minimum absolute atomic E-state index is 0.226. The Kier molecular flexibility index (Phi) is 6.29. The summed E-state index contributed by atoms with van der Waals surface area (Å²) in [7, 11) is 0. The van der Waals surface area contributed by atoms with Crippen molar-refractivity contribution in [3.05, 3.63) is 107 Å². The van der Waals surface area contributed by atoms with E-state index in [9.17, 15) is 4.79 Å². The van der Waals surface area contributed by atoms with Crippen molar-refractivity contribution in [3.63, 3.8) is 0 Å². The first kappa shape index (κ1) is 20.4. The molecule has 0 aromatic heterocycles. The van der Waals surface area contributed by atoms with E-state index >= 15 is 0 Å². The Bertz CT molecular complexity index is 937. The first-order valence-corrected chi connectivity index (χ1v) is 10.8. The molecule has 1 aliphatic heterocycles. The van der Waals surface area contributed by atoms with Gasteiger partial charge in [0.2, 0.25) is 5.91 Å². The minimum Gasteiger partial charge on any atom is -0.340 e. The summed E-state index contributed by atoms with van der Waals surface area (Å²) in [4.78, 5) is 17.5. The number of carbonyl (C=O) groups excluding carboxylic acids is 1. The van der Waals surface area contributed by atoms with E-state index in [2.05, 4.69) is 97.6 Å². The maximum absolute atomic E-state index is 12.9. The van der Waals surface area contributed by atoms with Crippen LogP contribution in [0.4, 0.5) is 0 Å². The molecule has 1 fully saturated rings. The van der Waals surface area contributed by atoms with E-state index in [4.69, 9.17) is 0 Å². The Hall–Kier alpha value is -2.91. The number of amides is 1. The van der Waals surface area contributed by atoms with Crippen molar-refractivity contribution in [1.82, 2.24) is 9.80 Å². The number of hydrogen-bond donors (Lipinski definition) is 0. The number of hydrogen-bond acceptors (Lipinski definition) is 2. The highest BCUT2D eigenvalue weighted by atomic mass is 16.2. The summed E-state index contributed by atoms with van der Waals surface area (Å²) >= 11 is 0. The van der Waals surface area contributed by atoms with Gasteiger partial charge in [-0.25, -0.2) is 0 Å². The van der Waals surface area contributed by atoms with E-state index in [1.54, 1.807) is 0 Å². The third-order valence-corrected chi connectivity index (χ3v) is 6.10. The monoisotopic (exact) mass is 398 g/mol. The van der Waals surface area contributed by atoms with E-state index < -0.39 is 0 Å². The molecular weight excluding hydrogens is 368 g/mol. The molecule has 154 valence electrons. The lowest BCUT2D eigenvalue weighted by atomic mass is 9.96. The summed E-state index contributed by atoms with van der Waals surface area (Å²) in [5, 5.41) is 0. The molecule has 4 rings (SSSR count). The Morgan fingerprint density at radius 1 is 0.800 bits per heavy atom. The SMILES string of the molecule is Cc1ccc(CC(=O)N2CCN(C(c3ccccc3)c3ccccc3)CC2)c(C)c1. The van der Waals surface area contributed by atoms with Gasteiger partial charge >= 0.3 is 0 Å². The van der Waals surface area contributed by atoms with Crippen molar-refractivity contribution >= 4 is 5.91 Å². The van der Waals surface area contributed by atoms with Crippen molar-refractivity contribution in [1.29, 1.82) is 0 Å². The van der Waals surface area contributed by atoms with Crippen LogP contribution in [0, 0.1) is 13.8 Å². The first-order chi connectivity index (χ1) is 14.6. The van der Waals surface area contributed by atoms with Crippen LogP contribution < -0.4 is 0 Å². The van der Waals surface area contributed by atoms with Crippen LogP contribution in [-0.4, -0.2) is 41.9 Å². The molecule has 1 heterocycles. The van der Waals surface area contributed by atoms with Crippen LogP contribution in [0.25, 0.3) is 0 Å². The van der Waals surface area contributed by atoms with Gasteiger partial charge in [-0.05, 0) is 36.1 Å². The van der Waals surface area contributed by atoms with E-state index in [0.29, 0.717) is 6.42 Å². The molecule has 3 heteroatoms. The summed E-state index contributed by atoms with van der Waals surface area (Å²) in [6.45, 7) is 7.51. The van der Waals surface area contributed by atoms with Crippen molar-refractivity contribution in [2.75, 3.05) is 26.2 Å². The largest absolute Gasteiger partial charge is 0.340 e. The van der Waals surface area contributed by atoms with E-state index in [1.165, 1.54) is 22.3 Å². The zero-order valence-corrected chi connectivity index (χ0v) is 17.9. The molecule has 1 aliphatic rings. The average Bonchev–Trinajstić information content (AvgIpc) is 2.78. The van der Waals surface area contributed by atoms with E-state index in [1.807, 2.05) is 4.90 Å². The highest BCUT2D eigenvalue weighted by Gasteiger charge is 2.28. The predicted octanol–water partition coefficient (Wildman–Crippen LogP) is 4.78. The Labute approximate surface area is 180 Å². The molecule has 3 aromatic carbocycles. The van der Waals surface area contributed by atoms with Crippen LogP contribution in [0.1, 0.15) is 33.9 Å². The molecule has 0 spiro atoms. The zero-order chi connectivity index (χ0) is 20.9. The lowest BCUT2D eigenvalue weighted by Crippen LogP contribution is -2.50. The number of nitrogens with zero attached hydrogens (tertiary/aromatic N) is 2. The molecule has 0 atom stereocenters. The first-order valence-electron chi connectivity index (χ1n) is 10.8. The van der Waals surface area contributed by atoms with Crippen LogP contribution >= 0.6 is 0 Å². The molecule has 1 saturated heterocycles. The summed E-state index contributed by atoms with van der Waals surface area (Å²) in [5.74, 6) is 0.234. The quantitative estimate of drug-likeness (QED) is 0.617. The minimum atomic E-state index is 0.226. The van der Waals surface area contributed by atoms with Gasteiger partial charge in [0.1, 0.15) is 0 Å². The molecule has 30 heavy (non-hydrogen) atoms. The molecule has 0 N–H and O–H groups in total. The van der Waals surface area contributed by atoms with Gasteiger partial charge in [-0.2, -0.15) is 0 Å². The third kappa shape index (κ3) is 4.63. The van der Waals surface area contributed by atoms with Crippen LogP contribution in [0.5, 0.6) is 0 Å². The number of aryl methyl sites for hydroxylation is 2. The molecule has 0 bridgehead atoms. The van der Waals surface area contributed by atoms with Crippen LogP contribution in [0.3, 0.4) is 0 Å². The van der Waals surface area contributed by atoms with Crippen molar-refractivity contribution in [2.45, 2.75) is 26.3 Å². The molecule has 0 radical (unpaired) electrons. The fraction of sp³-hybridized carbons (Fsp3) is 0.296. The fourth-order valence-electron chi connectivity index (χ4n) is 4.43. The molecule has 3 nitrogen and oxygen atoms in total. The Morgan fingerprint density at radius 3 is 1.90 bits per heavy atom. The summed E-state index contributed by atoms with van der Waals surface area (Å²) in [6, 6.07) is 27.9. The third-order valence-electron chi connectivity index (χ3n) is 6.10. The molecule has 1 amide bonds. The fourth-order valence-corrected chi connectivity index (χ4v) is 4.43. The van der Waals surface area contributed by atoms with Crippen LogP contribution in [0.2, 0.25) is 0 Å². The van der Waals surface area contributed by atoms with Gasteiger partial charge in [0.25, 0.3) is 0 Å². The summed E-state index contributed by atoms with van der Waals surface area (Å²) in [6.07, 6.45) is 0.493. The van der Waals surface area contributed by atoms with Crippen LogP contribution in [0.15, 0.2) is 78.9 Å². The van der Waals surface area contributed by atoms with Crippen molar-refractivity contribution in [2.24, 2.45) is 0 Å². The molecule has 0 saturated carbocycles. The number of benzene rings is 3. The maximum Gasteiger partial charge on any atom is 0.227 e. The Balaban J connectivity index is 1.45. The second kappa shape index (κ2) is 9.27. The maximum atomic E-state index is 12.9. The summed E-state index contributed by atoms with van der Waals surface area (Å²) < 4.78 is 0. The highest BCUT2D eigenvalue weighted by molar-refractivity contribution is 5.79. The van der Waals surface area contributed by atoms with Crippen LogP contribution in [-0.2, 0) is 11.2 Å². The molecular formula is C27H30N2O. The number of carbonyl (C=O) groups is 1. The molecule has 0 unspecified atom stereocenters. The lowest BCUT2D eigenvalue weighted by molar-refractivity contribution is -0.132. The smallest absolute Gasteiger partial charge is 0.227 e. The van der Waals surface area contributed by atoms with Crippen molar-refractivity contribution < 1.29 is 4.79 Å². The predicted molar refractivity (Wildman–Crippen MR) is 123 cm³/mol. The normalized spacial score (nSPS) is 14.8. The molecule has 3 aromatic rings. The zero-order valence-electron chi connectivity index (χ0n) is 17.9. The van der Waals surface area contributed by atoms with Crippen molar-refractivity contribution in [3.8, 4) is 0 Å². The topological polar surface area (TPSA) is 23.6 Å². The number of piperazine rings is 1. The molecule has 0 aliphatic carbocycles.